The standard InChI is InChI=1S/C22H31N3O2/c1-6-25(7-2)19-12-10-18(11-13-19)24-21(26)23-16-22(3,4)17-8-14-20(27-5)15-9-17/h8-15H,6-7,16H2,1-5H3,(H2,23,24,26). The minimum atomic E-state index is -0.202. The van der Waals surface area contributed by atoms with Gasteiger partial charge in [-0.2, -0.15) is 0 Å². The fourth-order valence-corrected chi connectivity index (χ4v) is 2.97. The van der Waals surface area contributed by atoms with Gasteiger partial charge in [0.05, 0.1) is 7.11 Å². The van der Waals surface area contributed by atoms with Gasteiger partial charge in [-0.3, -0.25) is 0 Å². The van der Waals surface area contributed by atoms with Crippen LogP contribution in [0.25, 0.3) is 0 Å². The zero-order chi connectivity index (χ0) is 19.9. The van der Waals surface area contributed by atoms with Crippen LogP contribution in [0, 0.1) is 0 Å². The monoisotopic (exact) mass is 369 g/mol. The lowest BCUT2D eigenvalue weighted by atomic mass is 9.84. The Labute approximate surface area is 162 Å². The van der Waals surface area contributed by atoms with E-state index in [1.807, 2.05) is 48.5 Å². The zero-order valence-corrected chi connectivity index (χ0v) is 17.0. The van der Waals surface area contributed by atoms with Gasteiger partial charge in [0, 0.05) is 36.4 Å². The minimum absolute atomic E-state index is 0.184. The van der Waals surface area contributed by atoms with Gasteiger partial charge in [-0.15, -0.1) is 0 Å². The molecule has 0 unspecified atom stereocenters. The second-order valence-corrected chi connectivity index (χ2v) is 7.14. The summed E-state index contributed by atoms with van der Waals surface area (Å²) in [6.07, 6.45) is 0. The molecule has 2 N–H and O–H groups in total. The van der Waals surface area contributed by atoms with Gasteiger partial charge in [0.15, 0.2) is 0 Å². The molecule has 146 valence electrons. The van der Waals surface area contributed by atoms with Crippen molar-refractivity contribution in [1.29, 1.82) is 0 Å². The number of hydrogen-bond acceptors (Lipinski definition) is 3. The predicted octanol–water partition coefficient (Wildman–Crippen LogP) is 4.64. The highest BCUT2D eigenvalue weighted by molar-refractivity contribution is 5.89. The summed E-state index contributed by atoms with van der Waals surface area (Å²) in [6.45, 7) is 10.9. The summed E-state index contributed by atoms with van der Waals surface area (Å²) < 4.78 is 5.20. The molecule has 0 atom stereocenters. The summed E-state index contributed by atoms with van der Waals surface area (Å²) >= 11 is 0. The van der Waals surface area contributed by atoms with Crippen LogP contribution >= 0.6 is 0 Å². The molecule has 0 aliphatic carbocycles. The highest BCUT2D eigenvalue weighted by Crippen LogP contribution is 2.24. The number of rotatable bonds is 8. The van der Waals surface area contributed by atoms with Crippen molar-refractivity contribution in [2.24, 2.45) is 0 Å². The zero-order valence-electron chi connectivity index (χ0n) is 17.0. The molecule has 0 aliphatic rings. The van der Waals surface area contributed by atoms with Gasteiger partial charge in [-0.25, -0.2) is 4.79 Å². The molecule has 0 radical (unpaired) electrons. The fraction of sp³-hybridized carbons (Fsp3) is 0.409. The number of anilines is 2. The van der Waals surface area contributed by atoms with Crippen LogP contribution in [0.15, 0.2) is 48.5 Å². The summed E-state index contributed by atoms with van der Waals surface area (Å²) in [6, 6.07) is 15.7. The maximum absolute atomic E-state index is 12.3. The quantitative estimate of drug-likeness (QED) is 0.713. The van der Waals surface area contributed by atoms with E-state index >= 15 is 0 Å². The molecule has 5 nitrogen and oxygen atoms in total. The Bertz CT molecular complexity index is 720. The van der Waals surface area contributed by atoms with Gasteiger partial charge < -0.3 is 20.3 Å². The molecular weight excluding hydrogens is 338 g/mol. The molecule has 0 saturated heterocycles. The van der Waals surface area contributed by atoms with Gasteiger partial charge in [0.1, 0.15) is 5.75 Å². The van der Waals surface area contributed by atoms with E-state index in [-0.39, 0.29) is 11.4 Å². The lowest BCUT2D eigenvalue weighted by Gasteiger charge is -2.26. The van der Waals surface area contributed by atoms with Crippen LogP contribution in [0.3, 0.4) is 0 Å². The van der Waals surface area contributed by atoms with Crippen molar-refractivity contribution in [3.8, 4) is 5.75 Å². The minimum Gasteiger partial charge on any atom is -0.497 e. The number of benzene rings is 2. The first-order valence-electron chi connectivity index (χ1n) is 9.44. The molecule has 0 aliphatic heterocycles. The van der Waals surface area contributed by atoms with E-state index in [2.05, 4.69) is 43.2 Å². The van der Waals surface area contributed by atoms with Crippen molar-refractivity contribution in [3.63, 3.8) is 0 Å². The first-order chi connectivity index (χ1) is 12.9. The third-order valence-electron chi connectivity index (χ3n) is 4.82. The average Bonchev–Trinajstić information content (AvgIpc) is 2.69. The average molecular weight is 370 g/mol. The van der Waals surface area contributed by atoms with Gasteiger partial charge in [0.25, 0.3) is 0 Å². The van der Waals surface area contributed by atoms with Gasteiger partial charge >= 0.3 is 6.03 Å². The summed E-state index contributed by atoms with van der Waals surface area (Å²) in [7, 11) is 1.65. The van der Waals surface area contributed by atoms with E-state index in [1.54, 1.807) is 7.11 Å². The number of urea groups is 1. The number of nitrogens with one attached hydrogen (secondary N) is 2. The van der Waals surface area contributed by atoms with Gasteiger partial charge in [-0.1, -0.05) is 26.0 Å². The molecule has 2 rings (SSSR count). The van der Waals surface area contributed by atoms with Crippen LogP contribution in [-0.2, 0) is 5.41 Å². The number of methoxy groups -OCH3 is 1. The number of amides is 2. The molecule has 2 aromatic carbocycles. The number of nitrogens with zero attached hydrogens (tertiary/aromatic N) is 1. The fourth-order valence-electron chi connectivity index (χ4n) is 2.97. The second kappa shape index (κ2) is 9.31. The molecule has 0 spiro atoms. The Morgan fingerprint density at radius 2 is 1.59 bits per heavy atom. The molecule has 0 aromatic heterocycles. The van der Waals surface area contributed by atoms with Crippen LogP contribution in [0.4, 0.5) is 16.2 Å². The van der Waals surface area contributed by atoms with Crippen molar-refractivity contribution in [1.82, 2.24) is 5.32 Å². The SMILES string of the molecule is CCN(CC)c1ccc(NC(=O)NCC(C)(C)c2ccc(OC)cc2)cc1. The molecule has 0 heterocycles. The Hall–Kier alpha value is -2.69. The molecule has 2 aromatic rings. The third kappa shape index (κ3) is 5.64. The topological polar surface area (TPSA) is 53.6 Å². The van der Waals surface area contributed by atoms with Crippen LogP contribution in [0.1, 0.15) is 33.3 Å². The largest absolute Gasteiger partial charge is 0.497 e. The maximum Gasteiger partial charge on any atom is 0.319 e. The number of ether oxygens (including phenoxy) is 1. The molecule has 5 heteroatoms. The molecule has 0 fully saturated rings. The number of hydrogen-bond donors (Lipinski definition) is 2. The molecule has 27 heavy (non-hydrogen) atoms. The van der Waals surface area contributed by atoms with Crippen molar-refractivity contribution in [2.75, 3.05) is 37.0 Å². The maximum atomic E-state index is 12.3. The molecular formula is C22H31N3O2. The van der Waals surface area contributed by atoms with Crippen molar-refractivity contribution >= 4 is 17.4 Å². The highest BCUT2D eigenvalue weighted by atomic mass is 16.5. The Kier molecular flexibility index (Phi) is 7.11. The molecule has 0 saturated carbocycles. The van der Waals surface area contributed by atoms with Crippen molar-refractivity contribution < 1.29 is 9.53 Å². The lowest BCUT2D eigenvalue weighted by molar-refractivity contribution is 0.249. The first-order valence-corrected chi connectivity index (χ1v) is 9.44. The number of carbonyl (C=O) groups is 1. The molecule has 2 amide bonds. The van der Waals surface area contributed by atoms with E-state index in [0.717, 1.165) is 35.8 Å². The van der Waals surface area contributed by atoms with Crippen LogP contribution in [-0.4, -0.2) is 32.8 Å². The van der Waals surface area contributed by atoms with Gasteiger partial charge in [-0.05, 0) is 55.8 Å². The van der Waals surface area contributed by atoms with E-state index < -0.39 is 0 Å². The Balaban J connectivity index is 1.91. The van der Waals surface area contributed by atoms with Crippen LogP contribution < -0.4 is 20.3 Å². The van der Waals surface area contributed by atoms with E-state index in [0.29, 0.717) is 6.54 Å². The third-order valence-corrected chi connectivity index (χ3v) is 4.82. The van der Waals surface area contributed by atoms with Crippen molar-refractivity contribution in [3.05, 3.63) is 54.1 Å². The van der Waals surface area contributed by atoms with E-state index in [9.17, 15) is 4.79 Å². The Morgan fingerprint density at radius 1 is 1.00 bits per heavy atom. The summed E-state index contributed by atoms with van der Waals surface area (Å²) in [5.74, 6) is 0.827. The summed E-state index contributed by atoms with van der Waals surface area (Å²) in [4.78, 5) is 14.5. The van der Waals surface area contributed by atoms with Crippen LogP contribution in [0.5, 0.6) is 5.75 Å². The van der Waals surface area contributed by atoms with Crippen LogP contribution in [0.2, 0.25) is 0 Å². The summed E-state index contributed by atoms with van der Waals surface area (Å²) in [5.41, 5.74) is 2.90. The second-order valence-electron chi connectivity index (χ2n) is 7.14. The Morgan fingerprint density at radius 3 is 2.11 bits per heavy atom. The first kappa shape index (κ1) is 20.6. The van der Waals surface area contributed by atoms with Gasteiger partial charge in [0.2, 0.25) is 0 Å². The van der Waals surface area contributed by atoms with Crippen molar-refractivity contribution in [2.45, 2.75) is 33.1 Å². The number of carbonyl (C=O) groups excluding carboxylic acids is 1. The predicted molar refractivity (Wildman–Crippen MR) is 113 cm³/mol. The summed E-state index contributed by atoms with van der Waals surface area (Å²) in [5, 5.41) is 5.86. The van der Waals surface area contributed by atoms with E-state index in [1.165, 1.54) is 0 Å². The highest BCUT2D eigenvalue weighted by Gasteiger charge is 2.21. The normalized spacial score (nSPS) is 11.0. The lowest BCUT2D eigenvalue weighted by Crippen LogP contribution is -2.38. The molecule has 0 bridgehead atoms. The van der Waals surface area contributed by atoms with E-state index in [4.69, 9.17) is 4.74 Å². The smallest absolute Gasteiger partial charge is 0.319 e.